The largest absolute Gasteiger partial charge is 0.339 e. The zero-order chi connectivity index (χ0) is 22.5. The lowest BCUT2D eigenvalue weighted by atomic mass is 9.94. The Labute approximate surface area is 198 Å². The lowest BCUT2D eigenvalue weighted by Crippen LogP contribution is -2.44. The molecule has 0 aliphatic heterocycles. The molecule has 0 spiro atoms. The summed E-state index contributed by atoms with van der Waals surface area (Å²) in [7, 11) is 0. The number of benzene rings is 1. The SMILES string of the molecule is CCN(C(=O)C(C)Sc1nnc(-c2ccncc2)n1-c1ccc(Cl)cc1)C1CCCCC1. The van der Waals surface area contributed by atoms with E-state index in [9.17, 15) is 4.79 Å². The third-order valence-electron chi connectivity index (χ3n) is 5.93. The number of hydrogen-bond donors (Lipinski definition) is 0. The average molecular weight is 470 g/mol. The Balaban J connectivity index is 1.63. The number of rotatable bonds is 7. The lowest BCUT2D eigenvalue weighted by molar-refractivity contribution is -0.133. The quantitative estimate of drug-likeness (QED) is 0.418. The Kier molecular flexibility index (Phi) is 7.48. The van der Waals surface area contributed by atoms with E-state index in [0.717, 1.165) is 30.6 Å². The van der Waals surface area contributed by atoms with Gasteiger partial charge in [-0.3, -0.25) is 14.3 Å². The Morgan fingerprint density at radius 1 is 1.12 bits per heavy atom. The summed E-state index contributed by atoms with van der Waals surface area (Å²) in [6, 6.07) is 11.7. The molecule has 1 unspecified atom stereocenters. The van der Waals surface area contributed by atoms with Gasteiger partial charge in [0.2, 0.25) is 5.91 Å². The van der Waals surface area contributed by atoms with E-state index in [1.165, 1.54) is 31.0 Å². The molecule has 2 aromatic heterocycles. The number of carbonyl (C=O) groups excluding carboxylic acids is 1. The van der Waals surface area contributed by atoms with Gasteiger partial charge in [0.05, 0.1) is 5.25 Å². The molecule has 1 saturated carbocycles. The van der Waals surface area contributed by atoms with Gasteiger partial charge in [-0.05, 0) is 63.1 Å². The summed E-state index contributed by atoms with van der Waals surface area (Å²) in [6.07, 6.45) is 9.35. The number of hydrogen-bond acceptors (Lipinski definition) is 5. The van der Waals surface area contributed by atoms with Crippen LogP contribution in [0.25, 0.3) is 17.1 Å². The summed E-state index contributed by atoms with van der Waals surface area (Å²) < 4.78 is 1.98. The summed E-state index contributed by atoms with van der Waals surface area (Å²) in [4.78, 5) is 19.5. The predicted octanol–water partition coefficient (Wildman–Crippen LogP) is 5.64. The fourth-order valence-corrected chi connectivity index (χ4v) is 5.35. The number of carbonyl (C=O) groups is 1. The van der Waals surface area contributed by atoms with Gasteiger partial charge in [0, 0.05) is 41.3 Å². The molecule has 1 atom stereocenters. The molecular weight excluding hydrogens is 442 g/mol. The van der Waals surface area contributed by atoms with Crippen molar-refractivity contribution < 1.29 is 4.79 Å². The van der Waals surface area contributed by atoms with Crippen molar-refractivity contribution in [2.45, 2.75) is 62.4 Å². The van der Waals surface area contributed by atoms with Crippen LogP contribution in [0, 0.1) is 0 Å². The third kappa shape index (κ3) is 4.99. The fraction of sp³-hybridized carbons (Fsp3) is 0.417. The van der Waals surface area contributed by atoms with Gasteiger partial charge in [-0.25, -0.2) is 0 Å². The van der Waals surface area contributed by atoms with E-state index >= 15 is 0 Å². The Morgan fingerprint density at radius 2 is 1.81 bits per heavy atom. The number of aromatic nitrogens is 4. The first-order valence-electron chi connectivity index (χ1n) is 11.2. The maximum atomic E-state index is 13.4. The van der Waals surface area contributed by atoms with E-state index in [-0.39, 0.29) is 11.2 Å². The Morgan fingerprint density at radius 3 is 2.47 bits per heavy atom. The van der Waals surface area contributed by atoms with Gasteiger partial charge in [-0.15, -0.1) is 10.2 Å². The topological polar surface area (TPSA) is 63.9 Å². The number of halogens is 1. The van der Waals surface area contributed by atoms with Crippen LogP contribution in [0.1, 0.15) is 46.0 Å². The maximum absolute atomic E-state index is 13.4. The average Bonchev–Trinajstić information content (AvgIpc) is 3.24. The normalized spacial score (nSPS) is 15.5. The summed E-state index contributed by atoms with van der Waals surface area (Å²) >= 11 is 7.57. The first kappa shape index (κ1) is 22.8. The Hall–Kier alpha value is -2.38. The van der Waals surface area contributed by atoms with Crippen molar-refractivity contribution in [3.8, 4) is 17.1 Å². The molecule has 2 heterocycles. The van der Waals surface area contributed by atoms with Crippen LogP contribution in [0.15, 0.2) is 53.9 Å². The summed E-state index contributed by atoms with van der Waals surface area (Å²) in [5.41, 5.74) is 1.80. The van der Waals surface area contributed by atoms with Gasteiger partial charge in [0.25, 0.3) is 0 Å². The molecule has 8 heteroatoms. The van der Waals surface area contributed by atoms with Crippen LogP contribution in [0.3, 0.4) is 0 Å². The van der Waals surface area contributed by atoms with Crippen LogP contribution >= 0.6 is 23.4 Å². The van der Waals surface area contributed by atoms with Crippen LogP contribution in [-0.4, -0.2) is 48.4 Å². The van der Waals surface area contributed by atoms with E-state index in [2.05, 4.69) is 27.0 Å². The molecule has 0 radical (unpaired) electrons. The van der Waals surface area contributed by atoms with E-state index in [1.54, 1.807) is 12.4 Å². The molecule has 4 rings (SSSR count). The van der Waals surface area contributed by atoms with E-state index in [1.807, 2.05) is 47.9 Å². The third-order valence-corrected chi connectivity index (χ3v) is 7.21. The highest BCUT2D eigenvalue weighted by atomic mass is 35.5. The van der Waals surface area contributed by atoms with Crippen molar-refractivity contribution in [2.24, 2.45) is 0 Å². The van der Waals surface area contributed by atoms with Crippen LogP contribution in [0.5, 0.6) is 0 Å². The van der Waals surface area contributed by atoms with Gasteiger partial charge in [-0.2, -0.15) is 0 Å². The summed E-state index contributed by atoms with van der Waals surface area (Å²) in [5, 5.41) is 10.00. The maximum Gasteiger partial charge on any atom is 0.236 e. The van der Waals surface area contributed by atoms with Crippen molar-refractivity contribution in [1.29, 1.82) is 0 Å². The van der Waals surface area contributed by atoms with Gasteiger partial charge in [0.1, 0.15) is 0 Å². The second-order valence-electron chi connectivity index (χ2n) is 8.03. The zero-order valence-electron chi connectivity index (χ0n) is 18.4. The molecule has 1 aliphatic carbocycles. The van der Waals surface area contributed by atoms with Gasteiger partial charge in [-0.1, -0.05) is 42.6 Å². The number of pyridine rings is 1. The Bertz CT molecular complexity index is 1030. The van der Waals surface area contributed by atoms with Crippen molar-refractivity contribution in [2.75, 3.05) is 6.54 Å². The molecule has 3 aromatic rings. The highest BCUT2D eigenvalue weighted by Gasteiger charge is 2.29. The smallest absolute Gasteiger partial charge is 0.236 e. The molecule has 1 aromatic carbocycles. The van der Waals surface area contributed by atoms with Gasteiger partial charge in [0.15, 0.2) is 11.0 Å². The molecule has 0 N–H and O–H groups in total. The number of nitrogens with zero attached hydrogens (tertiary/aromatic N) is 5. The van der Waals surface area contributed by atoms with E-state index in [4.69, 9.17) is 11.6 Å². The molecule has 32 heavy (non-hydrogen) atoms. The van der Waals surface area contributed by atoms with Crippen LogP contribution in [0.4, 0.5) is 0 Å². The second kappa shape index (κ2) is 10.5. The summed E-state index contributed by atoms with van der Waals surface area (Å²) in [5.74, 6) is 0.872. The molecule has 0 bridgehead atoms. The van der Waals surface area contributed by atoms with Crippen LogP contribution < -0.4 is 0 Å². The molecule has 168 valence electrons. The van der Waals surface area contributed by atoms with Crippen molar-refractivity contribution in [3.63, 3.8) is 0 Å². The molecule has 6 nitrogen and oxygen atoms in total. The molecule has 1 aliphatic rings. The van der Waals surface area contributed by atoms with E-state index < -0.39 is 0 Å². The molecule has 1 amide bonds. The van der Waals surface area contributed by atoms with E-state index in [0.29, 0.717) is 22.0 Å². The predicted molar refractivity (Wildman–Crippen MR) is 129 cm³/mol. The van der Waals surface area contributed by atoms with Gasteiger partial charge < -0.3 is 4.90 Å². The number of amides is 1. The molecular formula is C24H28ClN5OS. The summed E-state index contributed by atoms with van der Waals surface area (Å²) in [6.45, 7) is 4.77. The zero-order valence-corrected chi connectivity index (χ0v) is 20.0. The first-order chi connectivity index (χ1) is 15.6. The minimum absolute atomic E-state index is 0.167. The van der Waals surface area contributed by atoms with Crippen molar-refractivity contribution >= 4 is 29.3 Å². The van der Waals surface area contributed by atoms with Crippen LogP contribution in [-0.2, 0) is 4.79 Å². The highest BCUT2D eigenvalue weighted by molar-refractivity contribution is 8.00. The minimum atomic E-state index is -0.266. The molecule has 0 saturated heterocycles. The second-order valence-corrected chi connectivity index (χ2v) is 9.77. The first-order valence-corrected chi connectivity index (χ1v) is 12.4. The van der Waals surface area contributed by atoms with Crippen molar-refractivity contribution in [3.05, 3.63) is 53.8 Å². The minimum Gasteiger partial charge on any atom is -0.339 e. The monoisotopic (exact) mass is 469 g/mol. The van der Waals surface area contributed by atoms with Crippen molar-refractivity contribution in [1.82, 2.24) is 24.6 Å². The standard InChI is InChI=1S/C24H28ClN5OS/c1-3-29(20-7-5-4-6-8-20)23(31)17(2)32-24-28-27-22(18-13-15-26-16-14-18)30(24)21-11-9-19(25)10-12-21/h9-17,20H,3-8H2,1-2H3. The fourth-order valence-electron chi connectivity index (χ4n) is 4.29. The van der Waals surface area contributed by atoms with Gasteiger partial charge >= 0.3 is 0 Å². The molecule has 1 fully saturated rings. The number of thioether (sulfide) groups is 1. The highest BCUT2D eigenvalue weighted by Crippen LogP contribution is 2.32. The lowest BCUT2D eigenvalue weighted by Gasteiger charge is -2.35. The van der Waals surface area contributed by atoms with Crippen LogP contribution in [0.2, 0.25) is 5.02 Å².